The SMILES string of the molecule is COc1ccc(-c2nc3ccccc3[nH]2)cc1NC(=O)COc1cc(C)ccc1C(C)C. The summed E-state index contributed by atoms with van der Waals surface area (Å²) >= 11 is 0. The number of nitrogens with zero attached hydrogens (tertiary/aromatic N) is 1. The van der Waals surface area contributed by atoms with Crippen LogP contribution in [-0.4, -0.2) is 29.6 Å². The van der Waals surface area contributed by atoms with Crippen molar-refractivity contribution in [2.45, 2.75) is 26.7 Å². The zero-order valence-electron chi connectivity index (χ0n) is 18.7. The minimum atomic E-state index is -0.263. The van der Waals surface area contributed by atoms with Gasteiger partial charge in [-0.2, -0.15) is 0 Å². The van der Waals surface area contributed by atoms with Gasteiger partial charge in [0.15, 0.2) is 6.61 Å². The largest absolute Gasteiger partial charge is 0.495 e. The zero-order valence-corrected chi connectivity index (χ0v) is 18.7. The standard InChI is InChI=1S/C26H27N3O3/c1-16(2)19-11-9-17(3)13-24(19)32-15-25(30)27-22-14-18(10-12-23(22)31-4)26-28-20-7-5-6-8-21(20)29-26/h5-14,16H,15H2,1-4H3,(H,27,30)(H,28,29). The third-order valence-corrected chi connectivity index (χ3v) is 5.29. The topological polar surface area (TPSA) is 76.2 Å². The van der Waals surface area contributed by atoms with Gasteiger partial charge >= 0.3 is 0 Å². The van der Waals surface area contributed by atoms with E-state index >= 15 is 0 Å². The number of aromatic amines is 1. The van der Waals surface area contributed by atoms with E-state index in [1.807, 2.05) is 61.5 Å². The molecule has 32 heavy (non-hydrogen) atoms. The van der Waals surface area contributed by atoms with Crippen molar-refractivity contribution in [3.8, 4) is 22.9 Å². The van der Waals surface area contributed by atoms with Gasteiger partial charge in [0.05, 0.1) is 23.8 Å². The molecular weight excluding hydrogens is 402 g/mol. The number of H-pyrrole nitrogens is 1. The summed E-state index contributed by atoms with van der Waals surface area (Å²) in [5.41, 5.74) is 5.41. The number of carbonyl (C=O) groups excluding carboxylic acids is 1. The summed E-state index contributed by atoms with van der Waals surface area (Å²) in [6.45, 7) is 6.12. The zero-order chi connectivity index (χ0) is 22.7. The van der Waals surface area contributed by atoms with Crippen LogP contribution in [0, 0.1) is 6.92 Å². The van der Waals surface area contributed by atoms with Crippen molar-refractivity contribution >= 4 is 22.6 Å². The van der Waals surface area contributed by atoms with Crippen molar-refractivity contribution in [2.24, 2.45) is 0 Å². The molecule has 0 spiro atoms. The summed E-state index contributed by atoms with van der Waals surface area (Å²) in [6, 6.07) is 19.5. The van der Waals surface area contributed by atoms with Gasteiger partial charge in [-0.25, -0.2) is 4.98 Å². The van der Waals surface area contributed by atoms with Gasteiger partial charge in [0.25, 0.3) is 5.91 Å². The molecule has 1 heterocycles. The number of amides is 1. The first-order valence-electron chi connectivity index (χ1n) is 10.6. The lowest BCUT2D eigenvalue weighted by molar-refractivity contribution is -0.118. The number of ether oxygens (including phenoxy) is 2. The van der Waals surface area contributed by atoms with Gasteiger partial charge in [0, 0.05) is 5.56 Å². The maximum atomic E-state index is 12.7. The lowest BCUT2D eigenvalue weighted by atomic mass is 10.0. The fourth-order valence-electron chi connectivity index (χ4n) is 3.62. The number of rotatable bonds is 7. The minimum Gasteiger partial charge on any atom is -0.495 e. The average Bonchev–Trinajstić information content (AvgIpc) is 3.22. The molecule has 0 radical (unpaired) electrons. The Hall–Kier alpha value is -3.80. The van der Waals surface area contributed by atoms with Crippen LogP contribution in [0.4, 0.5) is 5.69 Å². The number of para-hydroxylation sites is 2. The van der Waals surface area contributed by atoms with Crippen LogP contribution in [0.1, 0.15) is 30.9 Å². The van der Waals surface area contributed by atoms with E-state index < -0.39 is 0 Å². The fourth-order valence-corrected chi connectivity index (χ4v) is 3.62. The van der Waals surface area contributed by atoms with E-state index in [1.54, 1.807) is 7.11 Å². The van der Waals surface area contributed by atoms with E-state index in [4.69, 9.17) is 9.47 Å². The second kappa shape index (κ2) is 9.14. The summed E-state index contributed by atoms with van der Waals surface area (Å²) in [6.07, 6.45) is 0. The first-order chi connectivity index (χ1) is 15.4. The second-order valence-electron chi connectivity index (χ2n) is 8.05. The number of anilines is 1. The lowest BCUT2D eigenvalue weighted by Gasteiger charge is -2.15. The number of hydrogen-bond donors (Lipinski definition) is 2. The molecule has 1 aromatic heterocycles. The Morgan fingerprint density at radius 2 is 1.88 bits per heavy atom. The van der Waals surface area contributed by atoms with Crippen LogP contribution in [-0.2, 0) is 4.79 Å². The Labute approximate surface area is 187 Å². The van der Waals surface area contributed by atoms with Gasteiger partial charge in [0.2, 0.25) is 0 Å². The minimum absolute atomic E-state index is 0.0960. The smallest absolute Gasteiger partial charge is 0.262 e. The summed E-state index contributed by atoms with van der Waals surface area (Å²) in [4.78, 5) is 20.6. The number of methoxy groups -OCH3 is 1. The molecule has 0 saturated carbocycles. The number of nitrogens with one attached hydrogen (secondary N) is 2. The number of benzene rings is 3. The Morgan fingerprint density at radius 3 is 2.62 bits per heavy atom. The summed E-state index contributed by atoms with van der Waals surface area (Å²) in [5.74, 6) is 2.06. The van der Waals surface area contributed by atoms with Gasteiger partial charge in [0.1, 0.15) is 17.3 Å². The van der Waals surface area contributed by atoms with Crippen LogP contribution in [0.2, 0.25) is 0 Å². The number of hydrogen-bond acceptors (Lipinski definition) is 4. The maximum Gasteiger partial charge on any atom is 0.262 e. The number of aryl methyl sites for hydroxylation is 1. The van der Waals surface area contributed by atoms with E-state index in [0.717, 1.165) is 39.3 Å². The normalized spacial score (nSPS) is 11.0. The molecule has 0 atom stereocenters. The van der Waals surface area contributed by atoms with Crippen LogP contribution < -0.4 is 14.8 Å². The van der Waals surface area contributed by atoms with Crippen molar-refractivity contribution in [2.75, 3.05) is 19.0 Å². The quantitative estimate of drug-likeness (QED) is 0.396. The predicted molar refractivity (Wildman–Crippen MR) is 127 cm³/mol. The highest BCUT2D eigenvalue weighted by atomic mass is 16.5. The van der Waals surface area contributed by atoms with Crippen molar-refractivity contribution in [1.82, 2.24) is 9.97 Å². The molecule has 0 unspecified atom stereocenters. The summed E-state index contributed by atoms with van der Waals surface area (Å²) < 4.78 is 11.3. The highest BCUT2D eigenvalue weighted by Gasteiger charge is 2.14. The molecular formula is C26H27N3O3. The third kappa shape index (κ3) is 4.59. The van der Waals surface area contributed by atoms with Crippen LogP contribution in [0.15, 0.2) is 60.7 Å². The van der Waals surface area contributed by atoms with E-state index in [2.05, 4.69) is 35.2 Å². The lowest BCUT2D eigenvalue weighted by Crippen LogP contribution is -2.21. The number of carbonyl (C=O) groups is 1. The maximum absolute atomic E-state index is 12.7. The molecule has 0 aliphatic heterocycles. The molecule has 4 aromatic rings. The Balaban J connectivity index is 1.53. The second-order valence-corrected chi connectivity index (χ2v) is 8.05. The van der Waals surface area contributed by atoms with Crippen LogP contribution in [0.25, 0.3) is 22.4 Å². The molecule has 0 bridgehead atoms. The molecule has 6 heteroatoms. The Bertz CT molecular complexity index is 1230. The Kier molecular flexibility index (Phi) is 6.12. The predicted octanol–water partition coefficient (Wildman–Crippen LogP) is 5.69. The molecule has 4 rings (SSSR count). The third-order valence-electron chi connectivity index (χ3n) is 5.29. The van der Waals surface area contributed by atoms with E-state index in [1.165, 1.54) is 0 Å². The van der Waals surface area contributed by atoms with Crippen LogP contribution >= 0.6 is 0 Å². The molecule has 6 nitrogen and oxygen atoms in total. The molecule has 0 fully saturated rings. The van der Waals surface area contributed by atoms with Crippen molar-refractivity contribution in [3.63, 3.8) is 0 Å². The van der Waals surface area contributed by atoms with E-state index in [0.29, 0.717) is 17.4 Å². The molecule has 0 saturated heterocycles. The summed E-state index contributed by atoms with van der Waals surface area (Å²) in [5, 5.41) is 2.91. The van der Waals surface area contributed by atoms with Crippen LogP contribution in [0.3, 0.4) is 0 Å². The molecule has 0 aliphatic rings. The van der Waals surface area contributed by atoms with Crippen molar-refractivity contribution in [3.05, 3.63) is 71.8 Å². The molecule has 0 aliphatic carbocycles. The monoisotopic (exact) mass is 429 g/mol. The molecule has 164 valence electrons. The van der Waals surface area contributed by atoms with Gasteiger partial charge in [-0.3, -0.25) is 4.79 Å². The van der Waals surface area contributed by atoms with Crippen molar-refractivity contribution in [1.29, 1.82) is 0 Å². The molecule has 1 amide bonds. The fraction of sp³-hybridized carbons (Fsp3) is 0.231. The number of aromatic nitrogens is 2. The first kappa shape index (κ1) is 21.4. The van der Waals surface area contributed by atoms with E-state index in [9.17, 15) is 4.79 Å². The van der Waals surface area contributed by atoms with Gasteiger partial charge in [-0.1, -0.05) is 38.1 Å². The van der Waals surface area contributed by atoms with Crippen LogP contribution in [0.5, 0.6) is 11.5 Å². The number of imidazole rings is 1. The molecule has 3 aromatic carbocycles. The molecule has 2 N–H and O–H groups in total. The average molecular weight is 430 g/mol. The van der Waals surface area contributed by atoms with Crippen molar-refractivity contribution < 1.29 is 14.3 Å². The van der Waals surface area contributed by atoms with Gasteiger partial charge in [-0.05, 0) is 60.4 Å². The van der Waals surface area contributed by atoms with Gasteiger partial charge < -0.3 is 19.8 Å². The Morgan fingerprint density at radius 1 is 1.06 bits per heavy atom. The highest BCUT2D eigenvalue weighted by molar-refractivity contribution is 5.94. The first-order valence-corrected chi connectivity index (χ1v) is 10.6. The number of fused-ring (bicyclic) bond motifs is 1. The highest BCUT2D eigenvalue weighted by Crippen LogP contribution is 2.31. The summed E-state index contributed by atoms with van der Waals surface area (Å²) in [7, 11) is 1.57. The van der Waals surface area contributed by atoms with E-state index in [-0.39, 0.29) is 12.5 Å². The van der Waals surface area contributed by atoms with Gasteiger partial charge in [-0.15, -0.1) is 0 Å².